The predicted molar refractivity (Wildman–Crippen MR) is 263 cm³/mol. The normalized spacial score (nSPS) is 13.5. The number of benzene rings is 6. The van der Waals surface area contributed by atoms with Crippen LogP contribution < -0.4 is 14.5 Å². The molecule has 0 N–H and O–H groups in total. The van der Waals surface area contributed by atoms with Crippen molar-refractivity contribution in [2.24, 2.45) is 0 Å². The average Bonchev–Trinajstić information content (AvgIpc) is 4.01. The van der Waals surface area contributed by atoms with E-state index in [1.54, 1.807) is 0 Å². The summed E-state index contributed by atoms with van der Waals surface area (Å²) in [5.74, 6) is 2.79. The topological polar surface area (TPSA) is 46.7 Å². The zero-order valence-electron chi connectivity index (χ0n) is 37.5. The van der Waals surface area contributed by atoms with E-state index in [9.17, 15) is 0 Å². The van der Waals surface area contributed by atoms with E-state index in [1.807, 2.05) is 47.9 Å². The van der Waals surface area contributed by atoms with Crippen LogP contribution in [0.25, 0.3) is 58.8 Å². The third-order valence-electron chi connectivity index (χ3n) is 12.4. The maximum atomic E-state index is 6.75. The van der Waals surface area contributed by atoms with Crippen LogP contribution in [-0.4, -0.2) is 9.55 Å². The molecule has 1 aliphatic rings. The second-order valence-corrected chi connectivity index (χ2v) is 21.0. The van der Waals surface area contributed by atoms with Gasteiger partial charge >= 0.3 is 0 Å². The summed E-state index contributed by atoms with van der Waals surface area (Å²) in [5.41, 5.74) is 9.32. The largest absolute Gasteiger partial charge is 0.509 e. The first-order chi connectivity index (χ1) is 30.1. The van der Waals surface area contributed by atoms with E-state index in [0.29, 0.717) is 11.5 Å². The average molecular weight is 1040 g/mol. The summed E-state index contributed by atoms with van der Waals surface area (Å²) in [6.07, 6.45) is 1.93. The van der Waals surface area contributed by atoms with Gasteiger partial charge in [-0.25, -0.2) is 4.98 Å². The molecular formula is C56H49N4O2PtS-3. The summed E-state index contributed by atoms with van der Waals surface area (Å²) in [6, 6.07) is 50.3. The van der Waals surface area contributed by atoms with Crippen LogP contribution in [0.1, 0.15) is 79.0 Å². The zero-order chi connectivity index (χ0) is 43.6. The van der Waals surface area contributed by atoms with Crippen LogP contribution >= 0.6 is 11.3 Å². The van der Waals surface area contributed by atoms with Crippen molar-refractivity contribution in [2.75, 3.05) is 9.80 Å². The molecule has 0 saturated carbocycles. The van der Waals surface area contributed by atoms with Crippen LogP contribution in [0.3, 0.4) is 0 Å². The van der Waals surface area contributed by atoms with Gasteiger partial charge < -0.3 is 23.5 Å². The third-order valence-corrected chi connectivity index (χ3v) is 13.5. The van der Waals surface area contributed by atoms with Crippen molar-refractivity contribution in [3.05, 3.63) is 163 Å². The molecule has 0 atom stereocenters. The monoisotopic (exact) mass is 1040 g/mol. The second kappa shape index (κ2) is 15.1. The number of aromatic nitrogens is 2. The molecule has 0 amide bonds. The number of hydrogen-bond donors (Lipinski definition) is 0. The fourth-order valence-corrected chi connectivity index (χ4v) is 10.00. The first-order valence-corrected chi connectivity index (χ1v) is 22.5. The molecule has 0 saturated heterocycles. The van der Waals surface area contributed by atoms with Crippen LogP contribution in [0, 0.1) is 18.8 Å². The number of ether oxygens (including phenoxy) is 1. The number of para-hydroxylation sites is 1. The van der Waals surface area contributed by atoms with E-state index in [2.05, 4.69) is 186 Å². The summed E-state index contributed by atoms with van der Waals surface area (Å²) in [6.45, 7) is 22.5. The van der Waals surface area contributed by atoms with Gasteiger partial charge in [-0.2, -0.15) is 12.1 Å². The Morgan fingerprint density at radius 1 is 0.609 bits per heavy atom. The van der Waals surface area contributed by atoms with Crippen LogP contribution in [0.15, 0.2) is 132 Å². The minimum Gasteiger partial charge on any atom is -0.509 e. The molecule has 0 radical (unpaired) electrons. The molecule has 0 unspecified atom stereocenters. The Hall–Kier alpha value is -5.88. The fourth-order valence-electron chi connectivity index (χ4n) is 8.89. The van der Waals surface area contributed by atoms with Crippen LogP contribution in [-0.2, 0) is 37.3 Å². The van der Waals surface area contributed by atoms with Crippen molar-refractivity contribution in [3.63, 3.8) is 0 Å². The molecule has 0 fully saturated rings. The zero-order valence-corrected chi connectivity index (χ0v) is 40.6. The Bertz CT molecular complexity index is 3410. The quantitative estimate of drug-likeness (QED) is 0.161. The van der Waals surface area contributed by atoms with Gasteiger partial charge in [0.05, 0.1) is 11.2 Å². The van der Waals surface area contributed by atoms with E-state index in [-0.39, 0.29) is 37.3 Å². The molecule has 0 aliphatic carbocycles. The van der Waals surface area contributed by atoms with Crippen molar-refractivity contribution in [2.45, 2.75) is 78.6 Å². The number of furan rings is 1. The molecule has 11 rings (SSSR count). The van der Waals surface area contributed by atoms with Crippen molar-refractivity contribution in [1.82, 2.24) is 9.55 Å². The minimum atomic E-state index is -0.0567. The number of thiophene rings is 1. The number of fused-ring (bicyclic) bond motifs is 10. The summed E-state index contributed by atoms with van der Waals surface area (Å²) in [5, 5.41) is 5.74. The SMILES string of the molecule is CC(C)(C)c1cc(N2[CH-]N(c3[c-]c(Oc4[c-]c5c(cc4)c4ccc6sc7ccccc7c6c4n5-c4cc(C(C)(C)C)ccn4)ccc3)c3c2oc2ccccc32)cc(C(C)(C)C)c1.[Pt]. The van der Waals surface area contributed by atoms with Crippen molar-refractivity contribution >= 4 is 87.2 Å². The molecule has 0 spiro atoms. The van der Waals surface area contributed by atoms with Gasteiger partial charge in [-0.1, -0.05) is 110 Å². The van der Waals surface area contributed by atoms with Gasteiger partial charge in [0.15, 0.2) is 5.88 Å². The Morgan fingerprint density at radius 2 is 1.30 bits per heavy atom. The van der Waals surface area contributed by atoms with Gasteiger partial charge in [-0.05, 0) is 86.9 Å². The maximum Gasteiger partial charge on any atom is 0.194 e. The van der Waals surface area contributed by atoms with E-state index in [0.717, 1.165) is 61.5 Å². The Kier molecular flexibility index (Phi) is 9.94. The van der Waals surface area contributed by atoms with Gasteiger partial charge in [-0.15, -0.1) is 59.4 Å². The standard InChI is InChI=1S/C56H49N4O2S.Pt/c1-54(2,3)34-25-26-57-49(30-34)60-45-32-40(21-22-41(45)42-23-24-48-50(51(42)60)44-18-11-13-20-47(44)63-48)61-39-16-14-15-37(31-39)58-33-59(53-52(58)43-17-10-12-19-46(43)62-53)38-28-35(55(4,5)6)27-36(29-38)56(7,8)9;/h10-30,33H,1-9H3;/q-3;. The molecule has 8 heteroatoms. The van der Waals surface area contributed by atoms with E-state index >= 15 is 0 Å². The van der Waals surface area contributed by atoms with E-state index < -0.39 is 0 Å². The molecular weight excluding hydrogens is 988 g/mol. The number of rotatable bonds is 5. The number of hydrogen-bond acceptors (Lipinski definition) is 6. The fraction of sp³-hybridized carbons (Fsp3) is 0.214. The second-order valence-electron chi connectivity index (χ2n) is 19.9. The van der Waals surface area contributed by atoms with Gasteiger partial charge in [0, 0.05) is 70.0 Å². The van der Waals surface area contributed by atoms with Crippen molar-refractivity contribution in [1.29, 1.82) is 0 Å². The first kappa shape index (κ1) is 42.1. The van der Waals surface area contributed by atoms with Crippen LogP contribution in [0.4, 0.5) is 22.9 Å². The number of anilines is 4. The number of pyridine rings is 1. The summed E-state index contributed by atoms with van der Waals surface area (Å²) in [7, 11) is 0. The third kappa shape index (κ3) is 7.00. The molecule has 6 nitrogen and oxygen atoms in total. The molecule has 0 bridgehead atoms. The Balaban J connectivity index is 0.00000484. The molecule has 5 heterocycles. The van der Waals surface area contributed by atoms with Gasteiger partial charge in [0.25, 0.3) is 0 Å². The molecule has 10 aromatic rings. The molecule has 324 valence electrons. The maximum absolute atomic E-state index is 6.75. The van der Waals surface area contributed by atoms with E-state index in [4.69, 9.17) is 14.1 Å². The molecule has 4 aromatic heterocycles. The van der Waals surface area contributed by atoms with Gasteiger partial charge in [0.2, 0.25) is 0 Å². The van der Waals surface area contributed by atoms with Crippen LogP contribution in [0.5, 0.6) is 11.5 Å². The smallest absolute Gasteiger partial charge is 0.194 e. The first-order valence-electron chi connectivity index (χ1n) is 21.7. The summed E-state index contributed by atoms with van der Waals surface area (Å²) in [4.78, 5) is 9.36. The van der Waals surface area contributed by atoms with Gasteiger partial charge in [0.1, 0.15) is 11.4 Å². The summed E-state index contributed by atoms with van der Waals surface area (Å²) < 4.78 is 18.2. The summed E-state index contributed by atoms with van der Waals surface area (Å²) >= 11 is 1.82. The number of nitrogens with zero attached hydrogens (tertiary/aromatic N) is 4. The Labute approximate surface area is 393 Å². The van der Waals surface area contributed by atoms with E-state index in [1.165, 1.54) is 36.9 Å². The molecule has 6 aromatic carbocycles. The van der Waals surface area contributed by atoms with Crippen molar-refractivity contribution < 1.29 is 30.2 Å². The molecule has 1 aliphatic heterocycles. The van der Waals surface area contributed by atoms with Crippen molar-refractivity contribution in [3.8, 4) is 17.3 Å². The van der Waals surface area contributed by atoms with Crippen LogP contribution in [0.2, 0.25) is 0 Å². The van der Waals surface area contributed by atoms with Gasteiger partial charge in [-0.3, -0.25) is 0 Å². The predicted octanol–water partition coefficient (Wildman–Crippen LogP) is 16.0. The Morgan fingerprint density at radius 3 is 2.05 bits per heavy atom. The minimum absolute atomic E-state index is 0. The molecule has 64 heavy (non-hydrogen) atoms.